The molecule has 0 spiro atoms. The molecule has 0 unspecified atom stereocenters. The minimum absolute atomic E-state index is 0.149. The smallest absolute Gasteiger partial charge is 0.228 e. The van der Waals surface area contributed by atoms with Crippen LogP contribution in [0.3, 0.4) is 0 Å². The molecule has 3 rings (SSSR count). The van der Waals surface area contributed by atoms with Crippen LogP contribution in [0.5, 0.6) is 0 Å². The molecule has 2 amide bonds. The van der Waals surface area contributed by atoms with Crippen LogP contribution < -0.4 is 10.2 Å². The molecule has 1 aliphatic heterocycles. The lowest BCUT2D eigenvalue weighted by molar-refractivity contribution is -0.119. The molecule has 0 saturated carbocycles. The van der Waals surface area contributed by atoms with E-state index >= 15 is 0 Å². The predicted molar refractivity (Wildman–Crippen MR) is 96.1 cm³/mol. The summed E-state index contributed by atoms with van der Waals surface area (Å²) in [6.45, 7) is 2.76. The summed E-state index contributed by atoms with van der Waals surface area (Å²) < 4.78 is 12.9. The topological polar surface area (TPSA) is 49.4 Å². The average molecular weight is 340 g/mol. The van der Waals surface area contributed by atoms with Crippen LogP contribution in [0.2, 0.25) is 0 Å². The number of carbonyl (C=O) groups is 2. The number of nitrogens with one attached hydrogen (secondary N) is 1. The molecule has 0 bridgehead atoms. The van der Waals surface area contributed by atoms with Gasteiger partial charge < -0.3 is 10.2 Å². The van der Waals surface area contributed by atoms with E-state index in [1.165, 1.54) is 12.1 Å². The van der Waals surface area contributed by atoms with Crippen LogP contribution >= 0.6 is 0 Å². The van der Waals surface area contributed by atoms with E-state index in [-0.39, 0.29) is 24.1 Å². The summed E-state index contributed by atoms with van der Waals surface area (Å²) in [4.78, 5) is 26.1. The predicted octanol–water partition coefficient (Wildman–Crippen LogP) is 3.70. The van der Waals surface area contributed by atoms with Gasteiger partial charge in [-0.2, -0.15) is 0 Å². The Bertz CT molecular complexity index is 787. The standard InChI is InChI=1S/C20H21FN2O2/c1-2-11-23-18-9-8-17(13-15(18)5-10-20(23)25)22-19(24)12-14-3-6-16(21)7-4-14/h3-4,6-9,13H,2,5,10-12H2,1H3,(H,22,24). The first-order valence-electron chi connectivity index (χ1n) is 8.54. The number of rotatable bonds is 5. The SMILES string of the molecule is CCCN1C(=O)CCc2cc(NC(=O)Cc3ccc(F)cc3)ccc21. The Kier molecular flexibility index (Phi) is 5.12. The minimum atomic E-state index is -0.315. The van der Waals surface area contributed by atoms with Crippen molar-refractivity contribution in [2.45, 2.75) is 32.6 Å². The summed E-state index contributed by atoms with van der Waals surface area (Å²) in [5, 5.41) is 2.88. The van der Waals surface area contributed by atoms with E-state index in [0.717, 1.165) is 28.9 Å². The maximum absolute atomic E-state index is 12.9. The molecule has 25 heavy (non-hydrogen) atoms. The highest BCUT2D eigenvalue weighted by atomic mass is 19.1. The Morgan fingerprint density at radius 1 is 1.16 bits per heavy atom. The van der Waals surface area contributed by atoms with Gasteiger partial charge >= 0.3 is 0 Å². The van der Waals surface area contributed by atoms with E-state index in [1.54, 1.807) is 12.1 Å². The molecule has 4 nitrogen and oxygen atoms in total. The summed E-state index contributed by atoms with van der Waals surface area (Å²) in [6, 6.07) is 11.6. The summed E-state index contributed by atoms with van der Waals surface area (Å²) in [5.41, 5.74) is 3.50. The number of halogens is 1. The van der Waals surface area contributed by atoms with Gasteiger partial charge in [-0.05, 0) is 54.3 Å². The van der Waals surface area contributed by atoms with Crippen LogP contribution in [0, 0.1) is 5.82 Å². The Labute approximate surface area is 146 Å². The van der Waals surface area contributed by atoms with Crippen molar-refractivity contribution in [3.8, 4) is 0 Å². The molecule has 130 valence electrons. The molecule has 0 fully saturated rings. The van der Waals surface area contributed by atoms with Crippen molar-refractivity contribution < 1.29 is 14.0 Å². The van der Waals surface area contributed by atoms with Crippen molar-refractivity contribution in [1.29, 1.82) is 0 Å². The molecule has 0 radical (unpaired) electrons. The molecule has 1 heterocycles. The second-order valence-corrected chi connectivity index (χ2v) is 6.24. The van der Waals surface area contributed by atoms with E-state index in [2.05, 4.69) is 5.32 Å². The third-order valence-electron chi connectivity index (χ3n) is 4.29. The maximum atomic E-state index is 12.9. The highest BCUT2D eigenvalue weighted by molar-refractivity contribution is 5.97. The molecular weight excluding hydrogens is 319 g/mol. The summed E-state index contributed by atoms with van der Waals surface area (Å²) in [5.74, 6) is -0.309. The minimum Gasteiger partial charge on any atom is -0.326 e. The van der Waals surface area contributed by atoms with Gasteiger partial charge in [0.2, 0.25) is 11.8 Å². The Balaban J connectivity index is 1.70. The van der Waals surface area contributed by atoms with Crippen molar-refractivity contribution in [3.63, 3.8) is 0 Å². The van der Waals surface area contributed by atoms with Crippen LogP contribution in [-0.2, 0) is 22.4 Å². The van der Waals surface area contributed by atoms with Crippen molar-refractivity contribution in [2.24, 2.45) is 0 Å². The summed E-state index contributed by atoms with van der Waals surface area (Å²) in [7, 11) is 0. The normalized spacial score (nSPS) is 13.5. The molecular formula is C20H21FN2O2. The van der Waals surface area contributed by atoms with Gasteiger partial charge in [0.15, 0.2) is 0 Å². The monoisotopic (exact) mass is 340 g/mol. The van der Waals surface area contributed by atoms with Gasteiger partial charge in [-0.3, -0.25) is 9.59 Å². The first-order chi connectivity index (χ1) is 12.1. The van der Waals surface area contributed by atoms with Gasteiger partial charge in [0.05, 0.1) is 6.42 Å². The van der Waals surface area contributed by atoms with Crippen LogP contribution in [0.1, 0.15) is 30.9 Å². The van der Waals surface area contributed by atoms with Crippen LogP contribution in [0.25, 0.3) is 0 Å². The molecule has 0 aliphatic carbocycles. The van der Waals surface area contributed by atoms with Gasteiger partial charge in [-0.1, -0.05) is 19.1 Å². The number of anilines is 2. The lowest BCUT2D eigenvalue weighted by atomic mass is 10.00. The number of fused-ring (bicyclic) bond motifs is 1. The average Bonchev–Trinajstić information content (AvgIpc) is 2.59. The molecule has 5 heteroatoms. The number of hydrogen-bond donors (Lipinski definition) is 1. The molecule has 0 aromatic heterocycles. The van der Waals surface area contributed by atoms with E-state index in [9.17, 15) is 14.0 Å². The number of aryl methyl sites for hydroxylation is 1. The van der Waals surface area contributed by atoms with Gasteiger partial charge in [0, 0.05) is 24.3 Å². The van der Waals surface area contributed by atoms with Crippen molar-refractivity contribution in [3.05, 3.63) is 59.4 Å². The van der Waals surface area contributed by atoms with Crippen molar-refractivity contribution in [2.75, 3.05) is 16.8 Å². The lowest BCUT2D eigenvalue weighted by Gasteiger charge is -2.29. The fourth-order valence-corrected chi connectivity index (χ4v) is 3.10. The van der Waals surface area contributed by atoms with Gasteiger partial charge in [-0.15, -0.1) is 0 Å². The molecule has 0 atom stereocenters. The third kappa shape index (κ3) is 4.05. The van der Waals surface area contributed by atoms with E-state index < -0.39 is 0 Å². The Morgan fingerprint density at radius 2 is 1.92 bits per heavy atom. The van der Waals surface area contributed by atoms with Crippen molar-refractivity contribution in [1.82, 2.24) is 0 Å². The first-order valence-corrected chi connectivity index (χ1v) is 8.54. The van der Waals surface area contributed by atoms with Crippen LogP contribution in [0.15, 0.2) is 42.5 Å². The quantitative estimate of drug-likeness (QED) is 0.902. The highest BCUT2D eigenvalue weighted by Gasteiger charge is 2.23. The second-order valence-electron chi connectivity index (χ2n) is 6.24. The maximum Gasteiger partial charge on any atom is 0.228 e. The fraction of sp³-hybridized carbons (Fsp3) is 0.300. The number of nitrogens with zero attached hydrogens (tertiary/aromatic N) is 1. The second kappa shape index (κ2) is 7.47. The summed E-state index contributed by atoms with van der Waals surface area (Å²) >= 11 is 0. The van der Waals surface area contributed by atoms with E-state index in [0.29, 0.717) is 19.4 Å². The molecule has 2 aromatic rings. The van der Waals surface area contributed by atoms with Gasteiger partial charge in [0.25, 0.3) is 0 Å². The number of benzene rings is 2. The third-order valence-corrected chi connectivity index (χ3v) is 4.29. The highest BCUT2D eigenvalue weighted by Crippen LogP contribution is 2.30. The zero-order valence-corrected chi connectivity index (χ0v) is 14.2. The van der Waals surface area contributed by atoms with E-state index in [1.807, 2.05) is 30.0 Å². The molecule has 0 saturated heterocycles. The fourth-order valence-electron chi connectivity index (χ4n) is 3.10. The van der Waals surface area contributed by atoms with Gasteiger partial charge in [-0.25, -0.2) is 4.39 Å². The van der Waals surface area contributed by atoms with Crippen LogP contribution in [-0.4, -0.2) is 18.4 Å². The number of hydrogen-bond acceptors (Lipinski definition) is 2. The van der Waals surface area contributed by atoms with Crippen molar-refractivity contribution >= 4 is 23.2 Å². The molecule has 1 aliphatic rings. The largest absolute Gasteiger partial charge is 0.326 e. The summed E-state index contributed by atoms with van der Waals surface area (Å²) in [6.07, 6.45) is 2.29. The number of carbonyl (C=O) groups excluding carboxylic acids is 2. The first kappa shape index (κ1) is 17.1. The Hall–Kier alpha value is -2.69. The van der Waals surface area contributed by atoms with Gasteiger partial charge in [0.1, 0.15) is 5.82 Å². The van der Waals surface area contributed by atoms with Crippen LogP contribution in [0.4, 0.5) is 15.8 Å². The molecule has 2 aromatic carbocycles. The Morgan fingerprint density at radius 3 is 2.64 bits per heavy atom. The zero-order chi connectivity index (χ0) is 17.8. The zero-order valence-electron chi connectivity index (χ0n) is 14.2. The lowest BCUT2D eigenvalue weighted by Crippen LogP contribution is -2.35. The number of amides is 2. The molecule has 1 N–H and O–H groups in total. The van der Waals surface area contributed by atoms with E-state index in [4.69, 9.17) is 0 Å².